The number of aliphatic carboxylic acids is 1. The molecule has 0 aromatic heterocycles. The van der Waals surface area contributed by atoms with Crippen molar-refractivity contribution in [1.29, 1.82) is 0 Å². The third-order valence-electron chi connectivity index (χ3n) is 3.76. The Bertz CT molecular complexity index is 488. The lowest BCUT2D eigenvalue weighted by Crippen LogP contribution is -2.41. The molecule has 0 aliphatic heterocycles. The molecule has 0 radical (unpaired) electrons. The SMILES string of the molecule is CCCCCCCC[C@@H](NC(=O)Cc1ccc(F)cc1)C(=O)O. The molecule has 23 heavy (non-hydrogen) atoms. The van der Waals surface area contributed by atoms with Gasteiger partial charge in [0, 0.05) is 0 Å². The fourth-order valence-electron chi connectivity index (χ4n) is 2.42. The van der Waals surface area contributed by atoms with E-state index in [-0.39, 0.29) is 18.1 Å². The Labute approximate surface area is 137 Å². The van der Waals surface area contributed by atoms with Crippen LogP contribution in [-0.2, 0) is 16.0 Å². The van der Waals surface area contributed by atoms with Crippen LogP contribution in [0, 0.1) is 5.82 Å². The molecule has 5 heteroatoms. The van der Waals surface area contributed by atoms with Gasteiger partial charge in [-0.1, -0.05) is 57.6 Å². The molecular formula is C18H26FNO3. The molecule has 2 N–H and O–H groups in total. The fraction of sp³-hybridized carbons (Fsp3) is 0.556. The standard InChI is InChI=1S/C18H26FNO3/c1-2-3-4-5-6-7-8-16(18(22)23)20-17(21)13-14-9-11-15(19)12-10-14/h9-12,16H,2-8,13H2,1H3,(H,20,21)(H,22,23)/t16-/m1/s1. The first-order valence-corrected chi connectivity index (χ1v) is 8.29. The molecule has 0 saturated heterocycles. The van der Waals surface area contributed by atoms with Crippen molar-refractivity contribution in [3.63, 3.8) is 0 Å². The average molecular weight is 323 g/mol. The number of amides is 1. The van der Waals surface area contributed by atoms with Crippen molar-refractivity contribution >= 4 is 11.9 Å². The van der Waals surface area contributed by atoms with Gasteiger partial charge in [0.05, 0.1) is 6.42 Å². The van der Waals surface area contributed by atoms with E-state index in [1.54, 1.807) is 0 Å². The minimum absolute atomic E-state index is 0.0561. The van der Waals surface area contributed by atoms with E-state index in [1.165, 1.54) is 43.5 Å². The third-order valence-corrected chi connectivity index (χ3v) is 3.76. The molecule has 0 aliphatic rings. The maximum absolute atomic E-state index is 12.8. The molecule has 0 unspecified atom stereocenters. The Morgan fingerprint density at radius 1 is 1.09 bits per heavy atom. The second-order valence-electron chi connectivity index (χ2n) is 5.82. The normalized spacial score (nSPS) is 11.9. The summed E-state index contributed by atoms with van der Waals surface area (Å²) in [5.74, 6) is -1.72. The lowest BCUT2D eigenvalue weighted by atomic mass is 10.1. The molecule has 1 rings (SSSR count). The predicted octanol–water partition coefficient (Wildman–Crippen LogP) is 3.69. The van der Waals surface area contributed by atoms with Gasteiger partial charge in [-0.25, -0.2) is 9.18 Å². The van der Waals surface area contributed by atoms with Crippen LogP contribution in [-0.4, -0.2) is 23.0 Å². The molecule has 128 valence electrons. The summed E-state index contributed by atoms with van der Waals surface area (Å²) in [4.78, 5) is 23.2. The first-order chi connectivity index (χ1) is 11.0. The summed E-state index contributed by atoms with van der Waals surface area (Å²) in [5, 5.41) is 11.8. The van der Waals surface area contributed by atoms with Crippen molar-refractivity contribution in [2.45, 2.75) is 64.3 Å². The smallest absolute Gasteiger partial charge is 0.326 e. The van der Waals surface area contributed by atoms with Crippen LogP contribution in [0.1, 0.15) is 57.4 Å². The summed E-state index contributed by atoms with van der Waals surface area (Å²) in [5.41, 5.74) is 0.660. The lowest BCUT2D eigenvalue weighted by Gasteiger charge is -2.14. The number of unbranched alkanes of at least 4 members (excludes halogenated alkanes) is 5. The van der Waals surface area contributed by atoms with Crippen molar-refractivity contribution in [3.05, 3.63) is 35.6 Å². The quantitative estimate of drug-likeness (QED) is 0.610. The largest absolute Gasteiger partial charge is 0.480 e. The molecule has 0 spiro atoms. The van der Waals surface area contributed by atoms with E-state index in [1.807, 2.05) is 0 Å². The first-order valence-electron chi connectivity index (χ1n) is 8.29. The number of hydrogen-bond acceptors (Lipinski definition) is 2. The van der Waals surface area contributed by atoms with Gasteiger partial charge in [0.15, 0.2) is 0 Å². The van der Waals surface area contributed by atoms with Crippen LogP contribution in [0.15, 0.2) is 24.3 Å². The summed E-state index contributed by atoms with van der Waals surface area (Å²) in [7, 11) is 0. The van der Waals surface area contributed by atoms with E-state index in [2.05, 4.69) is 12.2 Å². The van der Waals surface area contributed by atoms with Crippen LogP contribution in [0.2, 0.25) is 0 Å². The zero-order chi connectivity index (χ0) is 17.1. The average Bonchev–Trinajstić information content (AvgIpc) is 2.51. The van der Waals surface area contributed by atoms with Gasteiger partial charge in [0.1, 0.15) is 11.9 Å². The van der Waals surface area contributed by atoms with E-state index >= 15 is 0 Å². The zero-order valence-corrected chi connectivity index (χ0v) is 13.7. The van der Waals surface area contributed by atoms with Gasteiger partial charge in [-0.3, -0.25) is 4.79 Å². The monoisotopic (exact) mass is 323 g/mol. The van der Waals surface area contributed by atoms with Crippen molar-refractivity contribution in [2.24, 2.45) is 0 Å². The fourth-order valence-corrected chi connectivity index (χ4v) is 2.42. The van der Waals surface area contributed by atoms with Crippen LogP contribution in [0.5, 0.6) is 0 Å². The number of carboxylic acid groups (broad SMARTS) is 1. The molecule has 0 bridgehead atoms. The Morgan fingerprint density at radius 3 is 2.30 bits per heavy atom. The Kier molecular flexibility index (Phi) is 8.95. The number of carboxylic acids is 1. The van der Waals surface area contributed by atoms with Crippen LogP contribution < -0.4 is 5.32 Å². The molecule has 1 aromatic rings. The minimum atomic E-state index is -1.01. The molecule has 0 saturated carbocycles. The zero-order valence-electron chi connectivity index (χ0n) is 13.7. The number of benzene rings is 1. The van der Waals surface area contributed by atoms with Crippen LogP contribution in [0.3, 0.4) is 0 Å². The maximum atomic E-state index is 12.8. The first kappa shape index (κ1) is 19.1. The molecule has 0 aliphatic carbocycles. The predicted molar refractivity (Wildman–Crippen MR) is 87.7 cm³/mol. The summed E-state index contributed by atoms with van der Waals surface area (Å²) in [6.45, 7) is 2.15. The van der Waals surface area contributed by atoms with Crippen molar-refractivity contribution in [2.75, 3.05) is 0 Å². The number of hydrogen-bond donors (Lipinski definition) is 2. The van der Waals surface area contributed by atoms with Gasteiger partial charge < -0.3 is 10.4 Å². The number of carbonyl (C=O) groups excluding carboxylic acids is 1. The summed E-state index contributed by atoms with van der Waals surface area (Å²) in [6, 6.07) is 4.77. The molecule has 0 heterocycles. The van der Waals surface area contributed by atoms with Crippen molar-refractivity contribution < 1.29 is 19.1 Å². The highest BCUT2D eigenvalue weighted by molar-refractivity contribution is 5.84. The number of rotatable bonds is 11. The topological polar surface area (TPSA) is 66.4 Å². The van der Waals surface area contributed by atoms with Gasteiger partial charge in [0.2, 0.25) is 5.91 Å². The molecule has 4 nitrogen and oxygen atoms in total. The van der Waals surface area contributed by atoms with Gasteiger partial charge >= 0.3 is 5.97 Å². The molecule has 1 amide bonds. The van der Waals surface area contributed by atoms with E-state index in [0.717, 1.165) is 19.3 Å². The van der Waals surface area contributed by atoms with Crippen molar-refractivity contribution in [1.82, 2.24) is 5.32 Å². The second kappa shape index (κ2) is 10.8. The van der Waals surface area contributed by atoms with Gasteiger partial charge in [-0.05, 0) is 24.1 Å². The highest BCUT2D eigenvalue weighted by atomic mass is 19.1. The second-order valence-corrected chi connectivity index (χ2v) is 5.82. The summed E-state index contributed by atoms with van der Waals surface area (Å²) in [6.07, 6.45) is 6.93. The Hall–Kier alpha value is -1.91. The Morgan fingerprint density at radius 2 is 1.70 bits per heavy atom. The highest BCUT2D eigenvalue weighted by Crippen LogP contribution is 2.09. The van der Waals surface area contributed by atoms with Crippen LogP contribution >= 0.6 is 0 Å². The molecule has 1 atom stereocenters. The van der Waals surface area contributed by atoms with Crippen LogP contribution in [0.25, 0.3) is 0 Å². The third kappa shape index (κ3) is 8.33. The highest BCUT2D eigenvalue weighted by Gasteiger charge is 2.19. The van der Waals surface area contributed by atoms with E-state index in [9.17, 15) is 19.1 Å². The van der Waals surface area contributed by atoms with Crippen LogP contribution in [0.4, 0.5) is 4.39 Å². The summed E-state index contributed by atoms with van der Waals surface area (Å²) < 4.78 is 12.8. The van der Waals surface area contributed by atoms with E-state index in [4.69, 9.17) is 0 Å². The van der Waals surface area contributed by atoms with Crippen molar-refractivity contribution in [3.8, 4) is 0 Å². The molecular weight excluding hydrogens is 297 g/mol. The van der Waals surface area contributed by atoms with Gasteiger partial charge in [0.25, 0.3) is 0 Å². The maximum Gasteiger partial charge on any atom is 0.326 e. The van der Waals surface area contributed by atoms with E-state index < -0.39 is 12.0 Å². The molecule has 0 fully saturated rings. The summed E-state index contributed by atoms with van der Waals surface area (Å²) >= 11 is 0. The Balaban J connectivity index is 2.35. The number of nitrogens with one attached hydrogen (secondary N) is 1. The number of carbonyl (C=O) groups is 2. The lowest BCUT2D eigenvalue weighted by molar-refractivity contribution is -0.142. The van der Waals surface area contributed by atoms with E-state index in [0.29, 0.717) is 12.0 Å². The number of halogens is 1. The van der Waals surface area contributed by atoms with Gasteiger partial charge in [-0.2, -0.15) is 0 Å². The minimum Gasteiger partial charge on any atom is -0.480 e. The van der Waals surface area contributed by atoms with Gasteiger partial charge in [-0.15, -0.1) is 0 Å². The molecule has 1 aromatic carbocycles.